The predicted octanol–water partition coefficient (Wildman–Crippen LogP) is 2.45. The number of rotatable bonds is 3. The van der Waals surface area contributed by atoms with Gasteiger partial charge in [-0.15, -0.1) is 11.3 Å². The van der Waals surface area contributed by atoms with E-state index in [-0.39, 0.29) is 10.6 Å². The molecule has 0 bridgehead atoms. The van der Waals surface area contributed by atoms with E-state index in [0.717, 1.165) is 11.3 Å². The summed E-state index contributed by atoms with van der Waals surface area (Å²) in [5.74, 6) is 0. The van der Waals surface area contributed by atoms with Crippen molar-refractivity contribution in [3.05, 3.63) is 34.3 Å². The molecule has 0 aliphatic heterocycles. The average molecular weight is 297 g/mol. The van der Waals surface area contributed by atoms with E-state index in [1.165, 1.54) is 11.3 Å². The molecule has 1 heterocycles. The molecule has 19 heavy (non-hydrogen) atoms. The van der Waals surface area contributed by atoms with E-state index in [1.807, 2.05) is 6.92 Å². The lowest BCUT2D eigenvalue weighted by Crippen LogP contribution is -2.16. The number of benzene rings is 1. The van der Waals surface area contributed by atoms with Crippen LogP contribution in [0.2, 0.25) is 0 Å². The van der Waals surface area contributed by atoms with Gasteiger partial charge in [0.15, 0.2) is 5.13 Å². The average Bonchev–Trinajstić information content (AvgIpc) is 2.68. The third kappa shape index (κ3) is 2.71. The standard InChI is InChI=1S/C12H15N3O2S2/c1-7-4-5-10(13)11(9(7)3)19(16,17)15-12-14-8(2)6-18-12/h4-6H,13H2,1-3H3,(H,14,15). The van der Waals surface area contributed by atoms with Gasteiger partial charge >= 0.3 is 0 Å². The van der Waals surface area contributed by atoms with Gasteiger partial charge in [0.2, 0.25) is 0 Å². The van der Waals surface area contributed by atoms with Crippen LogP contribution in [0.5, 0.6) is 0 Å². The molecule has 0 saturated carbocycles. The Labute approximate surface area is 116 Å². The van der Waals surface area contributed by atoms with Crippen LogP contribution in [0.4, 0.5) is 10.8 Å². The van der Waals surface area contributed by atoms with Gasteiger partial charge in [-0.2, -0.15) is 0 Å². The highest BCUT2D eigenvalue weighted by molar-refractivity contribution is 7.93. The first kappa shape index (κ1) is 13.8. The molecule has 2 rings (SSSR count). The van der Waals surface area contributed by atoms with E-state index >= 15 is 0 Å². The van der Waals surface area contributed by atoms with Crippen molar-refractivity contribution in [2.75, 3.05) is 10.5 Å². The summed E-state index contributed by atoms with van der Waals surface area (Å²) in [5, 5.41) is 2.13. The number of nitrogen functional groups attached to an aromatic ring is 1. The van der Waals surface area contributed by atoms with Gasteiger partial charge < -0.3 is 5.73 Å². The number of nitrogens with one attached hydrogen (secondary N) is 1. The summed E-state index contributed by atoms with van der Waals surface area (Å²) in [6.45, 7) is 5.40. The lowest BCUT2D eigenvalue weighted by atomic mass is 10.1. The number of aromatic nitrogens is 1. The molecule has 2 aromatic rings. The van der Waals surface area contributed by atoms with E-state index in [0.29, 0.717) is 10.7 Å². The first-order valence-electron chi connectivity index (χ1n) is 5.62. The Hall–Kier alpha value is -1.60. The highest BCUT2D eigenvalue weighted by Crippen LogP contribution is 2.28. The minimum absolute atomic E-state index is 0.125. The van der Waals surface area contributed by atoms with Crippen molar-refractivity contribution in [1.29, 1.82) is 0 Å². The second-order valence-corrected chi connectivity index (χ2v) is 6.80. The molecule has 1 aromatic carbocycles. The van der Waals surface area contributed by atoms with E-state index in [4.69, 9.17) is 5.73 Å². The Morgan fingerprint density at radius 3 is 2.53 bits per heavy atom. The second-order valence-electron chi connectivity index (χ2n) is 4.33. The van der Waals surface area contributed by atoms with Crippen LogP contribution in [-0.4, -0.2) is 13.4 Å². The lowest BCUT2D eigenvalue weighted by molar-refractivity contribution is 0.601. The van der Waals surface area contributed by atoms with Gasteiger partial charge in [0.25, 0.3) is 10.0 Å². The van der Waals surface area contributed by atoms with Crippen LogP contribution in [0.3, 0.4) is 0 Å². The smallest absolute Gasteiger partial charge is 0.265 e. The number of anilines is 2. The molecule has 0 aliphatic rings. The second kappa shape index (κ2) is 4.82. The fourth-order valence-electron chi connectivity index (χ4n) is 1.73. The van der Waals surface area contributed by atoms with Crippen molar-refractivity contribution < 1.29 is 8.42 Å². The summed E-state index contributed by atoms with van der Waals surface area (Å²) in [6.07, 6.45) is 0. The molecule has 3 N–H and O–H groups in total. The van der Waals surface area contributed by atoms with Gasteiger partial charge in [0, 0.05) is 5.38 Å². The number of nitrogens with zero attached hydrogens (tertiary/aromatic N) is 1. The van der Waals surface area contributed by atoms with Crippen LogP contribution < -0.4 is 10.5 Å². The Morgan fingerprint density at radius 1 is 1.26 bits per heavy atom. The number of hydrogen-bond acceptors (Lipinski definition) is 5. The van der Waals surface area contributed by atoms with Crippen molar-refractivity contribution >= 4 is 32.2 Å². The van der Waals surface area contributed by atoms with Gasteiger partial charge in [0.1, 0.15) is 4.90 Å². The molecule has 0 saturated heterocycles. The van der Waals surface area contributed by atoms with E-state index < -0.39 is 10.0 Å². The Balaban J connectivity index is 2.48. The van der Waals surface area contributed by atoms with Crippen LogP contribution >= 0.6 is 11.3 Å². The molecule has 0 spiro atoms. The number of sulfonamides is 1. The summed E-state index contributed by atoms with van der Waals surface area (Å²) >= 11 is 1.24. The minimum atomic E-state index is -3.71. The zero-order chi connectivity index (χ0) is 14.2. The molecular weight excluding hydrogens is 282 g/mol. The molecule has 0 radical (unpaired) electrons. The number of aryl methyl sites for hydroxylation is 2. The summed E-state index contributed by atoms with van der Waals surface area (Å²) in [4.78, 5) is 4.22. The van der Waals surface area contributed by atoms with Crippen molar-refractivity contribution in [3.8, 4) is 0 Å². The SMILES string of the molecule is Cc1csc(NS(=O)(=O)c2c(N)ccc(C)c2C)n1. The predicted molar refractivity (Wildman–Crippen MR) is 78.0 cm³/mol. The zero-order valence-electron chi connectivity index (χ0n) is 10.9. The van der Waals surface area contributed by atoms with Crippen LogP contribution in [-0.2, 0) is 10.0 Å². The van der Waals surface area contributed by atoms with Gasteiger partial charge in [-0.25, -0.2) is 13.4 Å². The summed E-state index contributed by atoms with van der Waals surface area (Å²) in [7, 11) is -3.71. The highest BCUT2D eigenvalue weighted by Gasteiger charge is 2.22. The van der Waals surface area contributed by atoms with E-state index in [9.17, 15) is 8.42 Å². The fraction of sp³-hybridized carbons (Fsp3) is 0.250. The first-order chi connectivity index (χ1) is 8.81. The lowest BCUT2D eigenvalue weighted by Gasteiger charge is -2.12. The number of thiazole rings is 1. The zero-order valence-corrected chi connectivity index (χ0v) is 12.5. The van der Waals surface area contributed by atoms with Crippen molar-refractivity contribution in [1.82, 2.24) is 4.98 Å². The third-order valence-electron chi connectivity index (χ3n) is 2.82. The van der Waals surface area contributed by atoms with Gasteiger partial charge in [-0.3, -0.25) is 4.72 Å². The molecule has 1 aromatic heterocycles. The van der Waals surface area contributed by atoms with Crippen LogP contribution in [0.25, 0.3) is 0 Å². The van der Waals surface area contributed by atoms with Crippen LogP contribution in [0.15, 0.2) is 22.4 Å². The Kier molecular flexibility index (Phi) is 3.51. The van der Waals surface area contributed by atoms with Crippen LogP contribution in [0.1, 0.15) is 16.8 Å². The first-order valence-corrected chi connectivity index (χ1v) is 7.98. The Bertz CT molecular complexity index is 721. The summed E-state index contributed by atoms with van der Waals surface area (Å²) in [5.41, 5.74) is 8.35. The van der Waals surface area contributed by atoms with Crippen LogP contribution in [0, 0.1) is 20.8 Å². The van der Waals surface area contributed by atoms with Crippen molar-refractivity contribution in [2.45, 2.75) is 25.7 Å². The molecule has 102 valence electrons. The largest absolute Gasteiger partial charge is 0.398 e. The third-order valence-corrected chi connectivity index (χ3v) is 5.36. The fourth-order valence-corrected chi connectivity index (χ4v) is 4.11. The molecule has 0 fully saturated rings. The molecule has 7 heteroatoms. The van der Waals surface area contributed by atoms with Gasteiger partial charge in [0.05, 0.1) is 11.4 Å². The maximum atomic E-state index is 12.4. The molecule has 5 nitrogen and oxygen atoms in total. The van der Waals surface area contributed by atoms with Crippen molar-refractivity contribution in [3.63, 3.8) is 0 Å². The number of hydrogen-bond donors (Lipinski definition) is 2. The van der Waals surface area contributed by atoms with E-state index in [1.54, 1.807) is 31.4 Å². The maximum Gasteiger partial charge on any atom is 0.265 e. The van der Waals surface area contributed by atoms with E-state index in [2.05, 4.69) is 9.71 Å². The molecule has 0 atom stereocenters. The quantitative estimate of drug-likeness (QED) is 0.852. The summed E-state index contributed by atoms with van der Waals surface area (Å²) < 4.78 is 27.2. The Morgan fingerprint density at radius 2 is 1.95 bits per heavy atom. The van der Waals surface area contributed by atoms with Gasteiger partial charge in [-0.05, 0) is 38.0 Å². The number of nitrogens with two attached hydrogens (primary N) is 1. The molecule has 0 amide bonds. The monoisotopic (exact) mass is 297 g/mol. The minimum Gasteiger partial charge on any atom is -0.398 e. The molecule has 0 unspecified atom stereocenters. The normalized spacial score (nSPS) is 11.5. The highest BCUT2D eigenvalue weighted by atomic mass is 32.2. The van der Waals surface area contributed by atoms with Gasteiger partial charge in [-0.1, -0.05) is 6.07 Å². The van der Waals surface area contributed by atoms with Crippen molar-refractivity contribution in [2.24, 2.45) is 0 Å². The maximum absolute atomic E-state index is 12.4. The summed E-state index contributed by atoms with van der Waals surface area (Å²) in [6, 6.07) is 3.40. The molecular formula is C12H15N3O2S2. The molecule has 0 aliphatic carbocycles. The topological polar surface area (TPSA) is 85.1 Å².